The van der Waals surface area contributed by atoms with Crippen LogP contribution in [0.3, 0.4) is 0 Å². The number of rotatable bonds is 38. The molecule has 298 valence electrons. The van der Waals surface area contributed by atoms with E-state index in [9.17, 15) is 19.4 Å². The summed E-state index contributed by atoms with van der Waals surface area (Å²) in [4.78, 5) is 23.0. The van der Waals surface area contributed by atoms with Gasteiger partial charge < -0.3 is 19.8 Å². The molecule has 0 aromatic rings. The van der Waals surface area contributed by atoms with Crippen LogP contribution >= 0.6 is 7.82 Å². The van der Waals surface area contributed by atoms with Gasteiger partial charge in [-0.2, -0.15) is 0 Å². The summed E-state index contributed by atoms with van der Waals surface area (Å²) in [6.45, 7) is 4.81. The number of aliphatic hydroxyl groups excluding tert-OH is 1. The average molecular weight is 732 g/mol. The molecular weight excluding hydrogens is 647 g/mol. The van der Waals surface area contributed by atoms with E-state index in [4.69, 9.17) is 9.05 Å². The predicted molar refractivity (Wildman–Crippen MR) is 212 cm³/mol. The topological polar surface area (TPSA) is 105 Å². The van der Waals surface area contributed by atoms with E-state index in [2.05, 4.69) is 19.2 Å². The molecular formula is C41H84N2O6P+. The smallest absolute Gasteiger partial charge is 0.387 e. The van der Waals surface area contributed by atoms with Gasteiger partial charge >= 0.3 is 7.82 Å². The molecule has 0 aliphatic heterocycles. The maximum absolute atomic E-state index is 12.8. The first-order valence-electron chi connectivity index (χ1n) is 21.1. The van der Waals surface area contributed by atoms with Crippen molar-refractivity contribution < 1.29 is 32.9 Å². The predicted octanol–water partition coefficient (Wildman–Crippen LogP) is 11.2. The minimum absolute atomic E-state index is 0.0644. The van der Waals surface area contributed by atoms with Crippen molar-refractivity contribution in [2.45, 2.75) is 206 Å². The summed E-state index contributed by atoms with van der Waals surface area (Å²) < 4.78 is 23.5. The van der Waals surface area contributed by atoms with Crippen molar-refractivity contribution in [2.75, 3.05) is 40.9 Å². The van der Waals surface area contributed by atoms with Crippen LogP contribution < -0.4 is 5.32 Å². The Kier molecular flexibility index (Phi) is 33.5. The standard InChI is InChI=1S/C41H83N2O6P/c1-6-8-10-12-14-16-18-20-21-23-25-27-29-31-33-35-41(45)42-39(38-49-50(46,47)48-37-36-43(3,4)5)40(44)34-32-30-28-26-24-22-19-17-15-13-11-9-7-2/h32,34,39-40,44H,6-31,33,35-38H2,1-5H3,(H-,42,45,46,47)/p+1/t39?,40-/m1/s1. The highest BCUT2D eigenvalue weighted by Crippen LogP contribution is 2.43. The summed E-state index contributed by atoms with van der Waals surface area (Å²) >= 11 is 0. The third-order valence-corrected chi connectivity index (χ3v) is 10.5. The van der Waals surface area contributed by atoms with Crippen LogP contribution in [0.4, 0.5) is 0 Å². The molecule has 0 spiro atoms. The molecule has 2 unspecified atom stereocenters. The molecule has 0 aliphatic rings. The van der Waals surface area contributed by atoms with E-state index in [0.717, 1.165) is 38.5 Å². The fraction of sp³-hybridized carbons (Fsp3) is 0.927. The molecule has 0 aliphatic carbocycles. The number of aliphatic hydroxyl groups is 1. The molecule has 50 heavy (non-hydrogen) atoms. The summed E-state index contributed by atoms with van der Waals surface area (Å²) in [6, 6.07) is -0.838. The van der Waals surface area contributed by atoms with E-state index in [1.807, 2.05) is 27.2 Å². The number of phosphoric ester groups is 1. The number of unbranched alkanes of at least 4 members (excludes halogenated alkanes) is 25. The zero-order valence-corrected chi connectivity index (χ0v) is 34.5. The molecule has 3 N–H and O–H groups in total. The van der Waals surface area contributed by atoms with E-state index in [1.165, 1.54) is 135 Å². The number of amides is 1. The number of carbonyl (C=O) groups is 1. The fourth-order valence-corrected chi connectivity index (χ4v) is 6.84. The number of likely N-dealkylation sites (N-methyl/N-ethyl adjacent to an activating group) is 1. The lowest BCUT2D eigenvalue weighted by Gasteiger charge is -2.25. The van der Waals surface area contributed by atoms with Crippen molar-refractivity contribution in [1.29, 1.82) is 0 Å². The number of hydrogen-bond acceptors (Lipinski definition) is 5. The van der Waals surface area contributed by atoms with Gasteiger partial charge in [0, 0.05) is 6.42 Å². The van der Waals surface area contributed by atoms with Crippen LogP contribution in [0.25, 0.3) is 0 Å². The average Bonchev–Trinajstić information content (AvgIpc) is 3.06. The lowest BCUT2D eigenvalue weighted by molar-refractivity contribution is -0.870. The van der Waals surface area contributed by atoms with Gasteiger partial charge in [0.15, 0.2) is 0 Å². The molecule has 0 fully saturated rings. The summed E-state index contributed by atoms with van der Waals surface area (Å²) in [7, 11) is 1.58. The molecule has 0 radical (unpaired) electrons. The number of phosphoric acid groups is 1. The fourth-order valence-electron chi connectivity index (χ4n) is 6.10. The highest BCUT2D eigenvalue weighted by atomic mass is 31.2. The van der Waals surface area contributed by atoms with Crippen LogP contribution in [-0.2, 0) is 18.4 Å². The summed E-state index contributed by atoms with van der Waals surface area (Å²) in [6.07, 6.45) is 36.9. The van der Waals surface area contributed by atoms with Gasteiger partial charge in [-0.25, -0.2) is 4.57 Å². The number of carbonyl (C=O) groups excluding carboxylic acids is 1. The largest absolute Gasteiger partial charge is 0.472 e. The van der Waals surface area contributed by atoms with Gasteiger partial charge in [0.2, 0.25) is 5.91 Å². The number of quaternary nitrogens is 1. The van der Waals surface area contributed by atoms with Gasteiger partial charge in [0.1, 0.15) is 13.2 Å². The second kappa shape index (κ2) is 34.0. The van der Waals surface area contributed by atoms with Gasteiger partial charge in [-0.3, -0.25) is 13.8 Å². The molecule has 1 amide bonds. The molecule has 0 saturated carbocycles. The summed E-state index contributed by atoms with van der Waals surface area (Å²) in [5, 5.41) is 13.8. The maximum atomic E-state index is 12.8. The molecule has 0 heterocycles. The molecule has 3 atom stereocenters. The molecule has 8 nitrogen and oxygen atoms in total. The highest BCUT2D eigenvalue weighted by Gasteiger charge is 2.27. The SMILES string of the molecule is CCCCCCCCCCCCCC=C[C@@H](O)C(COP(=O)(O)OCC[N+](C)(C)C)NC(=O)CCCCCCCCCCCCCCCCC. The Morgan fingerprint density at radius 1 is 0.660 bits per heavy atom. The number of nitrogens with zero attached hydrogens (tertiary/aromatic N) is 1. The van der Waals surface area contributed by atoms with Crippen molar-refractivity contribution in [1.82, 2.24) is 5.32 Å². The van der Waals surface area contributed by atoms with Crippen LogP contribution in [0.5, 0.6) is 0 Å². The van der Waals surface area contributed by atoms with Crippen molar-refractivity contribution >= 4 is 13.7 Å². The first-order valence-corrected chi connectivity index (χ1v) is 22.6. The highest BCUT2D eigenvalue weighted by molar-refractivity contribution is 7.47. The Morgan fingerprint density at radius 2 is 1.06 bits per heavy atom. The number of allylic oxidation sites excluding steroid dienone is 1. The number of nitrogens with one attached hydrogen (secondary N) is 1. The number of hydrogen-bond donors (Lipinski definition) is 3. The van der Waals surface area contributed by atoms with Crippen LogP contribution in [0.1, 0.15) is 194 Å². The zero-order valence-electron chi connectivity index (χ0n) is 33.7. The zero-order chi connectivity index (χ0) is 37.2. The van der Waals surface area contributed by atoms with Gasteiger partial charge in [0.05, 0.1) is 39.9 Å². The molecule has 0 aromatic heterocycles. The Hall–Kier alpha value is -0.760. The molecule has 0 saturated heterocycles. The minimum atomic E-state index is -4.33. The lowest BCUT2D eigenvalue weighted by Crippen LogP contribution is -2.45. The summed E-state index contributed by atoms with van der Waals surface area (Å²) in [5.74, 6) is -0.176. The van der Waals surface area contributed by atoms with E-state index in [0.29, 0.717) is 17.4 Å². The van der Waals surface area contributed by atoms with E-state index in [1.54, 1.807) is 6.08 Å². The third kappa shape index (κ3) is 35.6. The van der Waals surface area contributed by atoms with Crippen molar-refractivity contribution in [2.24, 2.45) is 0 Å². The minimum Gasteiger partial charge on any atom is -0.387 e. The van der Waals surface area contributed by atoms with Crippen molar-refractivity contribution in [3.05, 3.63) is 12.2 Å². The van der Waals surface area contributed by atoms with Crippen LogP contribution in [0.15, 0.2) is 12.2 Å². The van der Waals surface area contributed by atoms with E-state index >= 15 is 0 Å². The first-order chi connectivity index (χ1) is 24.0. The van der Waals surface area contributed by atoms with E-state index in [-0.39, 0.29) is 19.1 Å². The quantitative estimate of drug-likeness (QED) is 0.0253. The Labute approximate surface area is 310 Å². The van der Waals surface area contributed by atoms with Crippen LogP contribution in [-0.4, -0.2) is 73.4 Å². The monoisotopic (exact) mass is 732 g/mol. The van der Waals surface area contributed by atoms with Gasteiger partial charge in [-0.15, -0.1) is 0 Å². The maximum Gasteiger partial charge on any atom is 0.472 e. The second-order valence-electron chi connectivity index (χ2n) is 15.7. The van der Waals surface area contributed by atoms with Crippen molar-refractivity contribution in [3.63, 3.8) is 0 Å². The van der Waals surface area contributed by atoms with Gasteiger partial charge in [-0.05, 0) is 19.3 Å². The van der Waals surface area contributed by atoms with Gasteiger partial charge in [-0.1, -0.05) is 180 Å². The Bertz CT molecular complexity index is 834. The molecule has 0 bridgehead atoms. The molecule has 9 heteroatoms. The third-order valence-electron chi connectivity index (χ3n) is 9.51. The first kappa shape index (κ1) is 49.2. The molecule has 0 rings (SSSR count). The van der Waals surface area contributed by atoms with Crippen LogP contribution in [0, 0.1) is 0 Å². The van der Waals surface area contributed by atoms with Crippen molar-refractivity contribution in [3.8, 4) is 0 Å². The summed E-state index contributed by atoms with van der Waals surface area (Å²) in [5.41, 5.74) is 0. The van der Waals surface area contributed by atoms with Crippen LogP contribution in [0.2, 0.25) is 0 Å². The molecule has 0 aromatic carbocycles. The Morgan fingerprint density at radius 3 is 1.48 bits per heavy atom. The van der Waals surface area contributed by atoms with Gasteiger partial charge in [0.25, 0.3) is 0 Å². The lowest BCUT2D eigenvalue weighted by atomic mass is 10.0. The second-order valence-corrected chi connectivity index (χ2v) is 17.2. The normalized spacial score (nSPS) is 14.6. The van der Waals surface area contributed by atoms with E-state index < -0.39 is 20.0 Å². The Balaban J connectivity index is 4.44.